The Balaban J connectivity index is 1.70. The molecule has 0 atom stereocenters. The summed E-state index contributed by atoms with van der Waals surface area (Å²) < 4.78 is 7.61. The molecule has 5 nitrogen and oxygen atoms in total. The van der Waals surface area contributed by atoms with Crippen LogP contribution in [0.5, 0.6) is 5.75 Å². The lowest BCUT2D eigenvalue weighted by molar-refractivity contribution is 0.300. The van der Waals surface area contributed by atoms with E-state index in [1.165, 1.54) is 0 Å². The maximum Gasteiger partial charge on any atom is 0.138 e. The first kappa shape index (κ1) is 11.7. The van der Waals surface area contributed by atoms with Crippen molar-refractivity contribution in [2.75, 3.05) is 0 Å². The minimum Gasteiger partial charge on any atom is -0.486 e. The second kappa shape index (κ2) is 5.07. The van der Waals surface area contributed by atoms with Gasteiger partial charge in [0.05, 0.1) is 17.6 Å². The Bertz CT molecular complexity index is 642. The first-order chi connectivity index (χ1) is 9.35. The fraction of sp³-hybridized carbons (Fsp3) is 0.143. The van der Waals surface area contributed by atoms with Crippen molar-refractivity contribution < 1.29 is 4.74 Å². The highest BCUT2D eigenvalue weighted by Gasteiger charge is 2.02. The molecule has 3 heterocycles. The van der Waals surface area contributed by atoms with E-state index in [1.807, 2.05) is 47.1 Å². The van der Waals surface area contributed by atoms with Crippen LogP contribution in [0.3, 0.4) is 0 Å². The summed E-state index contributed by atoms with van der Waals surface area (Å²) >= 11 is 0. The molecule has 0 saturated carbocycles. The van der Waals surface area contributed by atoms with E-state index < -0.39 is 0 Å². The molecule has 0 aliphatic rings. The molecule has 3 aromatic heterocycles. The highest BCUT2D eigenvalue weighted by molar-refractivity contribution is 5.39. The number of rotatable bonds is 4. The van der Waals surface area contributed by atoms with Crippen molar-refractivity contribution >= 4 is 5.65 Å². The van der Waals surface area contributed by atoms with E-state index in [-0.39, 0.29) is 0 Å². The van der Waals surface area contributed by atoms with Crippen LogP contribution in [0, 0.1) is 0 Å². The standard InChI is InChI=1S/C14H14N4O/c15-7-11-4-5-13(8-16-11)19-10-12-9-18-6-2-1-3-14(18)17-12/h1-6,8-9H,7,10,15H2. The van der Waals surface area contributed by atoms with Crippen LogP contribution in [0.4, 0.5) is 0 Å². The van der Waals surface area contributed by atoms with Crippen molar-refractivity contribution in [3.8, 4) is 5.75 Å². The van der Waals surface area contributed by atoms with Gasteiger partial charge < -0.3 is 14.9 Å². The van der Waals surface area contributed by atoms with Gasteiger partial charge in [0.1, 0.15) is 18.0 Å². The molecule has 0 saturated heterocycles. The van der Waals surface area contributed by atoms with E-state index in [4.69, 9.17) is 10.5 Å². The summed E-state index contributed by atoms with van der Waals surface area (Å²) in [6.45, 7) is 0.859. The van der Waals surface area contributed by atoms with Crippen LogP contribution in [0.15, 0.2) is 48.9 Å². The highest BCUT2D eigenvalue weighted by atomic mass is 16.5. The number of fused-ring (bicyclic) bond motifs is 1. The molecule has 0 radical (unpaired) electrons. The number of nitrogens with two attached hydrogens (primary N) is 1. The largest absolute Gasteiger partial charge is 0.486 e. The molecule has 19 heavy (non-hydrogen) atoms. The van der Waals surface area contributed by atoms with Crippen LogP contribution in [0.2, 0.25) is 0 Å². The summed E-state index contributed by atoms with van der Waals surface area (Å²) in [6, 6.07) is 9.61. The van der Waals surface area contributed by atoms with Gasteiger partial charge in [0, 0.05) is 18.9 Å². The summed E-state index contributed by atoms with van der Waals surface area (Å²) in [7, 11) is 0. The highest BCUT2D eigenvalue weighted by Crippen LogP contribution is 2.12. The van der Waals surface area contributed by atoms with E-state index in [2.05, 4.69) is 9.97 Å². The van der Waals surface area contributed by atoms with Crippen molar-refractivity contribution in [1.29, 1.82) is 0 Å². The van der Waals surface area contributed by atoms with Gasteiger partial charge in [-0.1, -0.05) is 6.07 Å². The lowest BCUT2D eigenvalue weighted by Crippen LogP contribution is -2.00. The zero-order valence-corrected chi connectivity index (χ0v) is 10.4. The molecule has 0 spiro atoms. The van der Waals surface area contributed by atoms with Gasteiger partial charge in [-0.05, 0) is 24.3 Å². The molecular weight excluding hydrogens is 240 g/mol. The number of nitrogens with zero attached hydrogens (tertiary/aromatic N) is 3. The summed E-state index contributed by atoms with van der Waals surface area (Å²) in [5.74, 6) is 0.717. The lowest BCUT2D eigenvalue weighted by atomic mass is 10.3. The molecule has 3 rings (SSSR count). The molecule has 0 aliphatic carbocycles. The predicted octanol–water partition coefficient (Wildman–Crippen LogP) is 1.77. The van der Waals surface area contributed by atoms with Gasteiger partial charge in [0.2, 0.25) is 0 Å². The molecule has 0 aliphatic heterocycles. The average molecular weight is 254 g/mol. The van der Waals surface area contributed by atoms with Gasteiger partial charge >= 0.3 is 0 Å². The smallest absolute Gasteiger partial charge is 0.138 e. The molecule has 3 aromatic rings. The summed E-state index contributed by atoms with van der Waals surface area (Å²) in [6.07, 6.45) is 5.60. The number of imidazole rings is 1. The Morgan fingerprint density at radius 2 is 2.11 bits per heavy atom. The molecule has 0 unspecified atom stereocenters. The lowest BCUT2D eigenvalue weighted by Gasteiger charge is -2.03. The van der Waals surface area contributed by atoms with Crippen LogP contribution in [0.25, 0.3) is 5.65 Å². The third-order valence-corrected chi connectivity index (χ3v) is 2.81. The van der Waals surface area contributed by atoms with Gasteiger partial charge in [0.25, 0.3) is 0 Å². The van der Waals surface area contributed by atoms with Gasteiger partial charge in [-0.15, -0.1) is 0 Å². The fourth-order valence-electron chi connectivity index (χ4n) is 1.83. The van der Waals surface area contributed by atoms with Gasteiger partial charge in [-0.3, -0.25) is 4.98 Å². The fourth-order valence-corrected chi connectivity index (χ4v) is 1.83. The Morgan fingerprint density at radius 1 is 1.16 bits per heavy atom. The predicted molar refractivity (Wildman–Crippen MR) is 71.7 cm³/mol. The van der Waals surface area contributed by atoms with E-state index in [0.717, 1.165) is 17.0 Å². The Labute approximate surface area is 110 Å². The van der Waals surface area contributed by atoms with Crippen molar-refractivity contribution in [3.63, 3.8) is 0 Å². The molecule has 96 valence electrons. The van der Waals surface area contributed by atoms with Crippen LogP contribution >= 0.6 is 0 Å². The second-order valence-electron chi connectivity index (χ2n) is 4.18. The molecule has 2 N–H and O–H groups in total. The average Bonchev–Trinajstić information content (AvgIpc) is 2.88. The first-order valence-corrected chi connectivity index (χ1v) is 6.05. The SMILES string of the molecule is NCc1ccc(OCc2cn3ccccc3n2)cn1. The molecule has 0 bridgehead atoms. The quantitative estimate of drug-likeness (QED) is 0.770. The minimum absolute atomic E-state index is 0.422. The summed E-state index contributed by atoms with van der Waals surface area (Å²) in [5.41, 5.74) is 8.14. The second-order valence-corrected chi connectivity index (χ2v) is 4.18. The van der Waals surface area contributed by atoms with Crippen molar-refractivity contribution in [1.82, 2.24) is 14.4 Å². The maximum atomic E-state index is 5.64. The van der Waals surface area contributed by atoms with Crippen LogP contribution < -0.4 is 10.5 Å². The third kappa shape index (κ3) is 2.56. The van der Waals surface area contributed by atoms with E-state index >= 15 is 0 Å². The van der Waals surface area contributed by atoms with Gasteiger partial charge in [-0.25, -0.2) is 4.98 Å². The van der Waals surface area contributed by atoms with E-state index in [9.17, 15) is 0 Å². The molecule has 0 amide bonds. The minimum atomic E-state index is 0.422. The van der Waals surface area contributed by atoms with Gasteiger partial charge in [-0.2, -0.15) is 0 Å². The van der Waals surface area contributed by atoms with Crippen molar-refractivity contribution in [3.05, 3.63) is 60.3 Å². The number of pyridine rings is 2. The Morgan fingerprint density at radius 3 is 2.84 bits per heavy atom. The van der Waals surface area contributed by atoms with Crippen LogP contribution in [0.1, 0.15) is 11.4 Å². The maximum absolute atomic E-state index is 5.64. The number of ether oxygens (including phenoxy) is 1. The monoisotopic (exact) mass is 254 g/mol. The van der Waals surface area contributed by atoms with Crippen LogP contribution in [-0.4, -0.2) is 14.4 Å². The van der Waals surface area contributed by atoms with E-state index in [1.54, 1.807) is 6.20 Å². The number of hydrogen-bond donors (Lipinski definition) is 1. The Kier molecular flexibility index (Phi) is 3.12. The van der Waals surface area contributed by atoms with Crippen molar-refractivity contribution in [2.45, 2.75) is 13.2 Å². The van der Waals surface area contributed by atoms with Crippen molar-refractivity contribution in [2.24, 2.45) is 5.73 Å². The zero-order chi connectivity index (χ0) is 13.1. The van der Waals surface area contributed by atoms with Gasteiger partial charge in [0.15, 0.2) is 0 Å². The summed E-state index contributed by atoms with van der Waals surface area (Å²) in [5, 5.41) is 0. The third-order valence-electron chi connectivity index (χ3n) is 2.81. The topological polar surface area (TPSA) is 65.4 Å². The van der Waals surface area contributed by atoms with E-state index in [0.29, 0.717) is 18.9 Å². The number of hydrogen-bond acceptors (Lipinski definition) is 4. The summed E-state index contributed by atoms with van der Waals surface area (Å²) in [4.78, 5) is 8.64. The zero-order valence-electron chi connectivity index (χ0n) is 10.4. The number of aromatic nitrogens is 3. The normalized spacial score (nSPS) is 10.8. The molecule has 5 heteroatoms. The molecular formula is C14H14N4O. The van der Waals surface area contributed by atoms with Crippen LogP contribution in [-0.2, 0) is 13.2 Å². The molecule has 0 fully saturated rings. The Hall–Kier alpha value is -2.40. The molecule has 0 aromatic carbocycles. The first-order valence-electron chi connectivity index (χ1n) is 6.05.